The molecular formula is C19H21ClN6O5. The van der Waals surface area contributed by atoms with Crippen molar-refractivity contribution in [3.63, 3.8) is 0 Å². The van der Waals surface area contributed by atoms with Gasteiger partial charge in [-0.15, -0.1) is 0 Å². The van der Waals surface area contributed by atoms with Gasteiger partial charge in [0, 0.05) is 19.1 Å². The zero-order valence-corrected chi connectivity index (χ0v) is 17.4. The minimum Gasteiger partial charge on any atom is -0.387 e. The lowest BCUT2D eigenvalue weighted by molar-refractivity contribution is -0.0884. The minimum absolute atomic E-state index is 0.237. The fourth-order valence-corrected chi connectivity index (χ4v) is 3.49. The normalized spacial score (nSPS) is 24.3. The van der Waals surface area contributed by atoms with Crippen molar-refractivity contribution in [1.82, 2.24) is 24.6 Å². The van der Waals surface area contributed by atoms with Crippen molar-refractivity contribution in [3.8, 4) is 0 Å². The molecule has 1 aliphatic rings. The molecule has 0 aliphatic carbocycles. The van der Waals surface area contributed by atoms with Crippen LogP contribution in [0.15, 0.2) is 36.8 Å². The molecule has 2 aromatic heterocycles. The quantitative estimate of drug-likeness (QED) is 0.461. The van der Waals surface area contributed by atoms with Crippen molar-refractivity contribution < 1.29 is 24.9 Å². The summed E-state index contributed by atoms with van der Waals surface area (Å²) >= 11 is 5.88. The number of nitrogens with one attached hydrogen (secondary N) is 1. The number of fused-ring (bicyclic) bond motifs is 1. The highest BCUT2D eigenvalue weighted by Gasteiger charge is 2.48. The molecule has 1 aromatic carbocycles. The first-order chi connectivity index (χ1) is 14.8. The first-order valence-corrected chi connectivity index (χ1v) is 9.77. The third-order valence-electron chi connectivity index (χ3n) is 5.06. The first kappa shape index (κ1) is 21.4. The molecule has 4 rings (SSSR count). The summed E-state index contributed by atoms with van der Waals surface area (Å²) in [4.78, 5) is 21.6. The van der Waals surface area contributed by atoms with Crippen LogP contribution < -0.4 is 5.32 Å². The minimum atomic E-state index is -1.38. The smallest absolute Gasteiger partial charge is 0.322 e. The van der Waals surface area contributed by atoms with Crippen LogP contribution in [-0.4, -0.2) is 78.4 Å². The van der Waals surface area contributed by atoms with E-state index < -0.39 is 30.6 Å². The number of benzene rings is 1. The lowest BCUT2D eigenvalue weighted by atomic mass is 9.99. The van der Waals surface area contributed by atoms with E-state index in [1.807, 2.05) is 0 Å². The molecule has 2 amide bonds. The Morgan fingerprint density at radius 2 is 1.94 bits per heavy atom. The highest BCUT2D eigenvalue weighted by Crippen LogP contribution is 2.37. The van der Waals surface area contributed by atoms with Gasteiger partial charge in [-0.25, -0.2) is 19.4 Å². The Morgan fingerprint density at radius 1 is 1.23 bits per heavy atom. The monoisotopic (exact) mass is 448 g/mol. The number of carbonyl (C=O) groups is 1. The summed E-state index contributed by atoms with van der Waals surface area (Å²) in [6, 6.07) is 6.05. The van der Waals surface area contributed by atoms with E-state index >= 15 is 0 Å². The van der Waals surface area contributed by atoms with Crippen LogP contribution in [0.3, 0.4) is 0 Å². The number of aliphatic hydroxyl groups excluding tert-OH is 3. The number of carbonyl (C=O) groups excluding carboxylic acids is 1. The molecule has 3 aromatic rings. The average Bonchev–Trinajstić information content (AvgIpc) is 3.30. The van der Waals surface area contributed by atoms with Gasteiger partial charge in [0.05, 0.1) is 11.6 Å². The van der Waals surface area contributed by atoms with Crippen LogP contribution in [0, 0.1) is 0 Å². The third kappa shape index (κ3) is 3.93. The number of halogens is 1. The zero-order valence-electron chi connectivity index (χ0n) is 16.6. The number of hydrogen-bond acceptors (Lipinski definition) is 8. The molecule has 12 heteroatoms. The maximum Gasteiger partial charge on any atom is 0.322 e. The SMILES string of the molecule is CN(C)C(=O)Nc1ncnc2c1cnn2[C@@H]1O[C@H](C(O)c2ccc(Cl)cc2)[C@@H](O)[C@H]1O. The molecule has 1 saturated heterocycles. The topological polar surface area (TPSA) is 146 Å². The number of urea groups is 1. The van der Waals surface area contributed by atoms with Gasteiger partial charge in [0.15, 0.2) is 11.9 Å². The van der Waals surface area contributed by atoms with E-state index in [-0.39, 0.29) is 17.5 Å². The van der Waals surface area contributed by atoms with E-state index in [1.165, 1.54) is 22.1 Å². The number of nitrogens with zero attached hydrogens (tertiary/aromatic N) is 5. The molecular weight excluding hydrogens is 428 g/mol. The molecule has 1 unspecified atom stereocenters. The summed E-state index contributed by atoms with van der Waals surface area (Å²) in [7, 11) is 3.18. The van der Waals surface area contributed by atoms with Crippen LogP contribution in [0.5, 0.6) is 0 Å². The Kier molecular flexibility index (Phi) is 5.77. The summed E-state index contributed by atoms with van der Waals surface area (Å²) in [6.45, 7) is 0. The standard InChI is InChI=1S/C19H21ClN6O5/c1-25(2)19(30)24-16-11-7-23-26(17(11)22-8-21-16)18-14(29)13(28)15(31-18)12(27)9-3-5-10(20)6-4-9/h3-8,12-15,18,27-29H,1-2H3,(H,21,22,24,30)/t12?,13-,14+,15+,18+/m0/s1. The van der Waals surface area contributed by atoms with Crippen molar-refractivity contribution in [2.75, 3.05) is 19.4 Å². The van der Waals surface area contributed by atoms with Crippen molar-refractivity contribution >= 4 is 34.5 Å². The van der Waals surface area contributed by atoms with Crippen molar-refractivity contribution in [2.24, 2.45) is 0 Å². The predicted molar refractivity (Wildman–Crippen MR) is 110 cm³/mol. The van der Waals surface area contributed by atoms with Crippen LogP contribution in [0.2, 0.25) is 5.02 Å². The summed E-state index contributed by atoms with van der Waals surface area (Å²) in [6.07, 6.45) is -3.55. The first-order valence-electron chi connectivity index (χ1n) is 9.39. The summed E-state index contributed by atoms with van der Waals surface area (Å²) in [5.74, 6) is 0.237. The highest BCUT2D eigenvalue weighted by molar-refractivity contribution is 6.30. The average molecular weight is 449 g/mol. The van der Waals surface area contributed by atoms with Crippen molar-refractivity contribution in [3.05, 3.63) is 47.4 Å². The molecule has 31 heavy (non-hydrogen) atoms. The van der Waals surface area contributed by atoms with Gasteiger partial charge in [0.2, 0.25) is 0 Å². The highest BCUT2D eigenvalue weighted by atomic mass is 35.5. The van der Waals surface area contributed by atoms with Crippen molar-refractivity contribution in [1.29, 1.82) is 0 Å². The molecule has 0 spiro atoms. The lowest BCUT2D eigenvalue weighted by Gasteiger charge is -2.21. The molecule has 1 fully saturated rings. The Hall–Kier alpha value is -2.83. The summed E-state index contributed by atoms with van der Waals surface area (Å²) < 4.78 is 7.09. The summed E-state index contributed by atoms with van der Waals surface area (Å²) in [5, 5.41) is 39.6. The number of hydrogen-bond donors (Lipinski definition) is 4. The molecule has 5 atom stereocenters. The van der Waals surface area contributed by atoms with E-state index in [0.717, 1.165) is 0 Å². The van der Waals surface area contributed by atoms with E-state index in [2.05, 4.69) is 20.4 Å². The Bertz CT molecular complexity index is 1090. The molecule has 3 heterocycles. The van der Waals surface area contributed by atoms with Crippen LogP contribution in [0.1, 0.15) is 17.9 Å². The Morgan fingerprint density at radius 3 is 2.61 bits per heavy atom. The van der Waals surface area contributed by atoms with E-state index in [0.29, 0.717) is 16.0 Å². The molecule has 1 aliphatic heterocycles. The molecule has 0 saturated carbocycles. The van der Waals surface area contributed by atoms with Crippen molar-refractivity contribution in [2.45, 2.75) is 30.6 Å². The largest absolute Gasteiger partial charge is 0.387 e. The van der Waals surface area contributed by atoms with E-state index in [9.17, 15) is 20.1 Å². The lowest BCUT2D eigenvalue weighted by Crippen LogP contribution is -2.35. The fraction of sp³-hybridized carbons (Fsp3) is 0.368. The predicted octanol–water partition coefficient (Wildman–Crippen LogP) is 0.926. The van der Waals surface area contributed by atoms with Crippen LogP contribution >= 0.6 is 11.6 Å². The van der Waals surface area contributed by atoms with Gasteiger partial charge in [-0.1, -0.05) is 23.7 Å². The van der Waals surface area contributed by atoms with Gasteiger partial charge in [-0.3, -0.25) is 5.32 Å². The van der Waals surface area contributed by atoms with Crippen LogP contribution in [0.25, 0.3) is 11.0 Å². The second kappa shape index (κ2) is 8.36. The molecule has 164 valence electrons. The third-order valence-corrected chi connectivity index (χ3v) is 5.31. The maximum absolute atomic E-state index is 12.0. The van der Waals surface area contributed by atoms with Gasteiger partial charge in [0.25, 0.3) is 0 Å². The second-order valence-corrected chi connectivity index (χ2v) is 7.78. The Balaban J connectivity index is 1.62. The number of aromatic nitrogens is 4. The number of anilines is 1. The van der Waals surface area contributed by atoms with Crippen LogP contribution in [0.4, 0.5) is 10.6 Å². The second-order valence-electron chi connectivity index (χ2n) is 7.34. The van der Waals surface area contributed by atoms with E-state index in [4.69, 9.17) is 16.3 Å². The van der Waals surface area contributed by atoms with Gasteiger partial charge in [0.1, 0.15) is 36.6 Å². The Labute approximate surface area is 181 Å². The summed E-state index contributed by atoms with van der Waals surface area (Å²) in [5.41, 5.74) is 0.754. The fourth-order valence-electron chi connectivity index (χ4n) is 3.36. The number of aliphatic hydroxyl groups is 3. The number of amides is 2. The molecule has 0 radical (unpaired) electrons. The van der Waals surface area contributed by atoms with E-state index in [1.54, 1.807) is 38.4 Å². The van der Waals surface area contributed by atoms with Gasteiger partial charge in [-0.2, -0.15) is 5.10 Å². The number of ether oxygens (including phenoxy) is 1. The molecule has 0 bridgehead atoms. The van der Waals surface area contributed by atoms with Gasteiger partial charge >= 0.3 is 6.03 Å². The maximum atomic E-state index is 12.0. The number of rotatable bonds is 4. The molecule has 11 nitrogen and oxygen atoms in total. The molecule has 4 N–H and O–H groups in total. The van der Waals surface area contributed by atoms with Crippen LogP contribution in [-0.2, 0) is 4.74 Å². The van der Waals surface area contributed by atoms with Gasteiger partial charge < -0.3 is 25.0 Å². The zero-order chi connectivity index (χ0) is 22.3. The van der Waals surface area contributed by atoms with Gasteiger partial charge in [-0.05, 0) is 17.7 Å².